The molecule has 0 atom stereocenters. The zero-order valence-electron chi connectivity index (χ0n) is 7.65. The molecule has 0 saturated heterocycles. The third kappa shape index (κ3) is 3.28. The predicted molar refractivity (Wildman–Crippen MR) is 66.4 cm³/mol. The lowest BCUT2D eigenvalue weighted by atomic mass is 10.3. The van der Waals surface area contributed by atoms with Crippen LogP contribution in [0.5, 0.6) is 0 Å². The number of nitriles is 2. The van der Waals surface area contributed by atoms with Gasteiger partial charge in [-0.25, -0.2) is 0 Å². The predicted octanol–water partition coefficient (Wildman–Crippen LogP) is 4.36. The lowest BCUT2D eigenvalue weighted by Gasteiger charge is -2.00. The van der Waals surface area contributed by atoms with Crippen LogP contribution in [0, 0.1) is 22.7 Å². The largest absolute Gasteiger partial charge is 0.242 e. The van der Waals surface area contributed by atoms with Crippen LogP contribution in [-0.4, -0.2) is 6.04 Å². The van der Waals surface area contributed by atoms with E-state index in [1.165, 1.54) is 0 Å². The summed E-state index contributed by atoms with van der Waals surface area (Å²) in [6.07, 6.45) is 0. The molecule has 4 nitrogen and oxygen atoms in total. The van der Waals surface area contributed by atoms with Crippen molar-refractivity contribution in [3.63, 3.8) is 0 Å². The van der Waals surface area contributed by atoms with E-state index >= 15 is 0 Å². The van der Waals surface area contributed by atoms with E-state index in [2.05, 4.69) is 42.1 Å². The molecule has 0 saturated carbocycles. The molecule has 1 rings (SSSR count). The first-order valence-electron chi connectivity index (χ1n) is 3.93. The Morgan fingerprint density at radius 2 is 1.81 bits per heavy atom. The molecule has 0 fully saturated rings. The van der Waals surface area contributed by atoms with Gasteiger partial charge in [0.25, 0.3) is 0 Å². The maximum absolute atomic E-state index is 8.50. The standard InChI is InChI=1S/C9H3Br2ClN4/c10-6-1-7(11)9(2-8(6)12)16-15-5(3-13)4-14/h1-2,5H. The van der Waals surface area contributed by atoms with E-state index < -0.39 is 6.04 Å². The zero-order chi connectivity index (χ0) is 12.1. The second kappa shape index (κ2) is 5.95. The van der Waals surface area contributed by atoms with Gasteiger partial charge in [-0.1, -0.05) is 11.6 Å². The molecule has 0 amide bonds. The SMILES string of the molecule is N#CC(C#N)N=Nc1cc(Cl)c(Br)cc1Br. The Labute approximate surface area is 114 Å². The van der Waals surface area contributed by atoms with Crippen LogP contribution in [-0.2, 0) is 0 Å². The van der Waals surface area contributed by atoms with Crippen LogP contribution < -0.4 is 0 Å². The molecule has 16 heavy (non-hydrogen) atoms. The summed E-state index contributed by atoms with van der Waals surface area (Å²) in [5.74, 6) is 0. The molecule has 0 aliphatic heterocycles. The number of hydrogen-bond donors (Lipinski definition) is 0. The molecule has 7 heteroatoms. The third-order valence-corrected chi connectivity index (χ3v) is 3.35. The van der Waals surface area contributed by atoms with Gasteiger partial charge in [-0.2, -0.15) is 20.8 Å². The molecule has 1 aromatic rings. The van der Waals surface area contributed by atoms with E-state index in [0.29, 0.717) is 15.2 Å². The Kier molecular flexibility index (Phi) is 4.88. The summed E-state index contributed by atoms with van der Waals surface area (Å²) in [6.45, 7) is 0. The number of azo groups is 1. The number of rotatable bonds is 2. The summed E-state index contributed by atoms with van der Waals surface area (Å²) in [4.78, 5) is 0. The first kappa shape index (κ1) is 13.1. The Hall–Kier alpha value is -0.950. The van der Waals surface area contributed by atoms with Crippen molar-refractivity contribution >= 4 is 49.1 Å². The molecule has 0 spiro atoms. The third-order valence-electron chi connectivity index (χ3n) is 1.52. The fourth-order valence-electron chi connectivity index (χ4n) is 0.789. The highest BCUT2D eigenvalue weighted by Crippen LogP contribution is 2.34. The monoisotopic (exact) mass is 360 g/mol. The van der Waals surface area contributed by atoms with Gasteiger partial charge in [-0.3, -0.25) is 0 Å². The fraction of sp³-hybridized carbons (Fsp3) is 0.111. The van der Waals surface area contributed by atoms with Gasteiger partial charge in [0.2, 0.25) is 6.04 Å². The maximum Gasteiger partial charge on any atom is 0.242 e. The van der Waals surface area contributed by atoms with Crippen LogP contribution >= 0.6 is 43.5 Å². The average Bonchev–Trinajstić information content (AvgIpc) is 2.26. The molecule has 80 valence electrons. The molecular weight excluding hydrogens is 359 g/mol. The molecule has 0 radical (unpaired) electrons. The number of benzene rings is 1. The first-order valence-corrected chi connectivity index (χ1v) is 5.89. The smallest absolute Gasteiger partial charge is 0.195 e. The van der Waals surface area contributed by atoms with Crippen molar-refractivity contribution in [2.24, 2.45) is 10.2 Å². The van der Waals surface area contributed by atoms with E-state index in [1.54, 1.807) is 24.3 Å². The van der Waals surface area contributed by atoms with Crippen LogP contribution in [0.2, 0.25) is 5.02 Å². The van der Waals surface area contributed by atoms with Crippen LogP contribution in [0.4, 0.5) is 5.69 Å². The van der Waals surface area contributed by atoms with E-state index in [9.17, 15) is 0 Å². The highest BCUT2D eigenvalue weighted by Gasteiger charge is 2.06. The summed E-state index contributed by atoms with van der Waals surface area (Å²) >= 11 is 12.4. The Morgan fingerprint density at radius 3 is 2.38 bits per heavy atom. The summed E-state index contributed by atoms with van der Waals surface area (Å²) in [7, 11) is 0. The van der Waals surface area contributed by atoms with Gasteiger partial charge in [0, 0.05) is 8.95 Å². The van der Waals surface area contributed by atoms with Crippen molar-refractivity contribution in [2.75, 3.05) is 0 Å². The zero-order valence-corrected chi connectivity index (χ0v) is 11.6. The molecule has 1 aromatic carbocycles. The van der Waals surface area contributed by atoms with Gasteiger partial charge >= 0.3 is 0 Å². The second-order valence-corrected chi connectivity index (χ2v) is 4.71. The first-order chi connectivity index (χ1) is 7.58. The van der Waals surface area contributed by atoms with Gasteiger partial charge < -0.3 is 0 Å². The molecule has 0 unspecified atom stereocenters. The normalized spacial score (nSPS) is 10.4. The van der Waals surface area contributed by atoms with E-state index in [-0.39, 0.29) is 0 Å². The number of hydrogen-bond acceptors (Lipinski definition) is 4. The summed E-state index contributed by atoms with van der Waals surface area (Å²) in [5.41, 5.74) is 0.462. The van der Waals surface area contributed by atoms with Gasteiger partial charge in [0.1, 0.15) is 17.8 Å². The Morgan fingerprint density at radius 1 is 1.19 bits per heavy atom. The molecule has 0 bridgehead atoms. The molecule has 0 aromatic heterocycles. The van der Waals surface area contributed by atoms with Crippen molar-refractivity contribution < 1.29 is 0 Å². The fourth-order valence-corrected chi connectivity index (χ4v) is 2.02. The molecule has 0 aliphatic rings. The van der Waals surface area contributed by atoms with Crippen LogP contribution in [0.15, 0.2) is 31.3 Å². The van der Waals surface area contributed by atoms with E-state index in [4.69, 9.17) is 22.1 Å². The molecule has 0 N–H and O–H groups in total. The van der Waals surface area contributed by atoms with Crippen LogP contribution in [0.1, 0.15) is 0 Å². The summed E-state index contributed by atoms with van der Waals surface area (Å²) in [6, 6.07) is 5.56. The summed E-state index contributed by atoms with van der Waals surface area (Å²) in [5, 5.41) is 24.8. The van der Waals surface area contributed by atoms with Crippen molar-refractivity contribution in [3.8, 4) is 12.1 Å². The Balaban J connectivity index is 3.04. The molecular formula is C9H3Br2ClN4. The van der Waals surface area contributed by atoms with Gasteiger partial charge in [0.05, 0.1) is 5.02 Å². The quantitative estimate of drug-likeness (QED) is 0.579. The molecule has 0 heterocycles. The maximum atomic E-state index is 8.50. The van der Waals surface area contributed by atoms with Gasteiger partial charge in [-0.15, -0.1) is 0 Å². The number of nitrogens with zero attached hydrogens (tertiary/aromatic N) is 4. The average molecular weight is 362 g/mol. The van der Waals surface area contributed by atoms with Crippen molar-refractivity contribution in [3.05, 3.63) is 26.1 Å². The lowest BCUT2D eigenvalue weighted by molar-refractivity contribution is 0.948. The van der Waals surface area contributed by atoms with Gasteiger partial charge in [0.15, 0.2) is 0 Å². The lowest BCUT2D eigenvalue weighted by Crippen LogP contribution is -1.92. The Bertz CT molecular complexity index is 501. The minimum absolute atomic E-state index is 0.462. The minimum Gasteiger partial charge on any atom is -0.195 e. The van der Waals surface area contributed by atoms with Crippen molar-refractivity contribution in [1.29, 1.82) is 10.5 Å². The highest BCUT2D eigenvalue weighted by atomic mass is 79.9. The van der Waals surface area contributed by atoms with Gasteiger partial charge in [-0.05, 0) is 44.0 Å². The summed E-state index contributed by atoms with van der Waals surface area (Å²) < 4.78 is 1.39. The number of halogens is 3. The van der Waals surface area contributed by atoms with Crippen LogP contribution in [0.3, 0.4) is 0 Å². The highest BCUT2D eigenvalue weighted by molar-refractivity contribution is 9.11. The van der Waals surface area contributed by atoms with Crippen molar-refractivity contribution in [2.45, 2.75) is 6.04 Å². The van der Waals surface area contributed by atoms with Crippen molar-refractivity contribution in [1.82, 2.24) is 0 Å². The van der Waals surface area contributed by atoms with Crippen LogP contribution in [0.25, 0.3) is 0 Å². The minimum atomic E-state index is -1.10. The topological polar surface area (TPSA) is 72.3 Å². The second-order valence-electron chi connectivity index (χ2n) is 2.59. The van der Waals surface area contributed by atoms with E-state index in [1.807, 2.05) is 0 Å². The molecule has 0 aliphatic carbocycles. The van der Waals surface area contributed by atoms with E-state index in [0.717, 1.165) is 4.47 Å².